The molecule has 4 N–H and O–H groups in total. The lowest BCUT2D eigenvalue weighted by Crippen LogP contribution is -2.36. The van der Waals surface area contributed by atoms with Crippen molar-refractivity contribution in [2.75, 3.05) is 18.9 Å². The van der Waals surface area contributed by atoms with Gasteiger partial charge in [-0.2, -0.15) is 0 Å². The predicted octanol–water partition coefficient (Wildman–Crippen LogP) is 2.40. The van der Waals surface area contributed by atoms with E-state index in [4.69, 9.17) is 5.73 Å². The molecule has 0 saturated heterocycles. The minimum atomic E-state index is 0.135. The van der Waals surface area contributed by atoms with Crippen LogP contribution in [0.3, 0.4) is 0 Å². The predicted molar refractivity (Wildman–Crippen MR) is 77.9 cm³/mol. The van der Waals surface area contributed by atoms with Crippen molar-refractivity contribution in [3.8, 4) is 0 Å². The van der Waals surface area contributed by atoms with E-state index in [0.717, 1.165) is 37.9 Å². The van der Waals surface area contributed by atoms with Crippen LogP contribution in [0.25, 0.3) is 0 Å². The quantitative estimate of drug-likeness (QED) is 0.729. The first-order valence-electron chi connectivity index (χ1n) is 7.45. The van der Waals surface area contributed by atoms with E-state index in [0.29, 0.717) is 12.6 Å². The van der Waals surface area contributed by atoms with Crippen molar-refractivity contribution in [1.29, 1.82) is 0 Å². The topological polar surface area (TPSA) is 58.3 Å². The van der Waals surface area contributed by atoms with Crippen molar-refractivity contribution in [2.45, 2.75) is 44.6 Å². The third-order valence-corrected chi connectivity index (χ3v) is 4.97. The van der Waals surface area contributed by atoms with E-state index in [1.165, 1.54) is 24.0 Å². The number of fused-ring (bicyclic) bond motifs is 1. The Bertz CT molecular complexity index is 452. The highest BCUT2D eigenvalue weighted by Crippen LogP contribution is 2.39. The first-order chi connectivity index (χ1) is 9.22. The monoisotopic (exact) mass is 260 g/mol. The molecule has 0 spiro atoms. The summed E-state index contributed by atoms with van der Waals surface area (Å²) in [6.07, 6.45) is 7.13. The SMILES string of the molecule is Nc1ccc2c(c1)CCC2NCC1(CO)CCCC1. The molecular formula is C16H24N2O. The van der Waals surface area contributed by atoms with Gasteiger partial charge in [-0.05, 0) is 48.9 Å². The fourth-order valence-electron chi connectivity index (χ4n) is 3.70. The molecule has 3 rings (SSSR count). The normalized spacial score (nSPS) is 24.6. The van der Waals surface area contributed by atoms with Crippen LogP contribution in [0.2, 0.25) is 0 Å². The van der Waals surface area contributed by atoms with Gasteiger partial charge in [0.2, 0.25) is 0 Å². The van der Waals surface area contributed by atoms with Crippen LogP contribution >= 0.6 is 0 Å². The third-order valence-electron chi connectivity index (χ3n) is 4.97. The molecule has 1 aromatic carbocycles. The summed E-state index contributed by atoms with van der Waals surface area (Å²) in [5, 5.41) is 13.4. The van der Waals surface area contributed by atoms with E-state index < -0.39 is 0 Å². The second-order valence-electron chi connectivity index (χ2n) is 6.30. The van der Waals surface area contributed by atoms with Gasteiger partial charge in [0.05, 0.1) is 0 Å². The molecular weight excluding hydrogens is 236 g/mol. The number of nitrogen functional groups attached to an aromatic ring is 1. The van der Waals surface area contributed by atoms with Crippen molar-refractivity contribution in [3.05, 3.63) is 29.3 Å². The number of anilines is 1. The number of aryl methyl sites for hydroxylation is 1. The molecule has 1 unspecified atom stereocenters. The van der Waals surface area contributed by atoms with Crippen molar-refractivity contribution < 1.29 is 5.11 Å². The molecule has 1 fully saturated rings. The Kier molecular flexibility index (Phi) is 3.50. The van der Waals surface area contributed by atoms with Gasteiger partial charge in [-0.1, -0.05) is 18.9 Å². The number of hydrogen-bond acceptors (Lipinski definition) is 3. The molecule has 0 bridgehead atoms. The van der Waals surface area contributed by atoms with Gasteiger partial charge in [-0.25, -0.2) is 0 Å². The molecule has 3 nitrogen and oxygen atoms in total. The highest BCUT2D eigenvalue weighted by atomic mass is 16.3. The maximum Gasteiger partial charge on any atom is 0.0499 e. The fraction of sp³-hybridized carbons (Fsp3) is 0.625. The van der Waals surface area contributed by atoms with Gasteiger partial charge < -0.3 is 16.2 Å². The molecule has 19 heavy (non-hydrogen) atoms. The average molecular weight is 260 g/mol. The van der Waals surface area contributed by atoms with Gasteiger partial charge in [0.25, 0.3) is 0 Å². The van der Waals surface area contributed by atoms with Gasteiger partial charge in [0.1, 0.15) is 0 Å². The molecule has 1 atom stereocenters. The first-order valence-corrected chi connectivity index (χ1v) is 7.45. The van der Waals surface area contributed by atoms with Gasteiger partial charge in [0.15, 0.2) is 0 Å². The average Bonchev–Trinajstić information content (AvgIpc) is 3.03. The van der Waals surface area contributed by atoms with Gasteiger partial charge in [-0.3, -0.25) is 0 Å². The minimum Gasteiger partial charge on any atom is -0.399 e. The van der Waals surface area contributed by atoms with Crippen LogP contribution < -0.4 is 11.1 Å². The summed E-state index contributed by atoms with van der Waals surface area (Å²) >= 11 is 0. The van der Waals surface area contributed by atoms with E-state index in [-0.39, 0.29) is 5.41 Å². The zero-order valence-corrected chi connectivity index (χ0v) is 11.5. The molecule has 2 aliphatic rings. The van der Waals surface area contributed by atoms with Crippen molar-refractivity contribution in [2.24, 2.45) is 5.41 Å². The van der Waals surface area contributed by atoms with E-state index in [1.54, 1.807) is 0 Å². The second kappa shape index (κ2) is 5.14. The van der Waals surface area contributed by atoms with Crippen molar-refractivity contribution in [1.82, 2.24) is 5.32 Å². The molecule has 1 saturated carbocycles. The smallest absolute Gasteiger partial charge is 0.0499 e. The van der Waals surface area contributed by atoms with Gasteiger partial charge in [0, 0.05) is 30.3 Å². The molecule has 0 aliphatic heterocycles. The summed E-state index contributed by atoms with van der Waals surface area (Å²) in [4.78, 5) is 0. The Balaban J connectivity index is 1.66. The molecule has 1 aromatic rings. The highest BCUT2D eigenvalue weighted by molar-refractivity contribution is 5.47. The summed E-state index contributed by atoms with van der Waals surface area (Å²) in [7, 11) is 0. The van der Waals surface area contributed by atoms with Gasteiger partial charge in [-0.15, -0.1) is 0 Å². The molecule has 104 valence electrons. The van der Waals surface area contributed by atoms with E-state index in [1.807, 2.05) is 6.07 Å². The highest BCUT2D eigenvalue weighted by Gasteiger charge is 2.34. The number of aliphatic hydroxyl groups excluding tert-OH is 1. The second-order valence-corrected chi connectivity index (χ2v) is 6.30. The van der Waals surface area contributed by atoms with Crippen molar-refractivity contribution in [3.63, 3.8) is 0 Å². The Morgan fingerprint density at radius 1 is 1.32 bits per heavy atom. The number of aliphatic hydroxyl groups is 1. The lowest BCUT2D eigenvalue weighted by molar-refractivity contribution is 0.124. The number of nitrogens with two attached hydrogens (primary N) is 1. The summed E-state index contributed by atoms with van der Waals surface area (Å²) in [5.74, 6) is 0. The van der Waals surface area contributed by atoms with Crippen LogP contribution in [0.1, 0.15) is 49.3 Å². The molecule has 0 amide bonds. The number of rotatable bonds is 4. The number of nitrogens with one attached hydrogen (secondary N) is 1. The van der Waals surface area contributed by atoms with Crippen LogP contribution in [0.15, 0.2) is 18.2 Å². The van der Waals surface area contributed by atoms with E-state index in [2.05, 4.69) is 17.4 Å². The van der Waals surface area contributed by atoms with Crippen LogP contribution in [-0.2, 0) is 6.42 Å². The third kappa shape index (κ3) is 2.49. The summed E-state index contributed by atoms with van der Waals surface area (Å²) in [6, 6.07) is 6.71. The maximum atomic E-state index is 9.67. The van der Waals surface area contributed by atoms with Crippen LogP contribution in [0.5, 0.6) is 0 Å². The summed E-state index contributed by atoms with van der Waals surface area (Å²) in [6.45, 7) is 1.26. The molecule has 0 radical (unpaired) electrons. The first kappa shape index (κ1) is 12.9. The molecule has 3 heteroatoms. The Morgan fingerprint density at radius 3 is 2.84 bits per heavy atom. The standard InChI is InChI=1S/C16H24N2O/c17-13-4-5-14-12(9-13)3-6-15(14)18-10-16(11-19)7-1-2-8-16/h4-5,9,15,18-19H,1-3,6-8,10-11,17H2. The molecule has 0 aromatic heterocycles. The van der Waals surface area contributed by atoms with Crippen LogP contribution in [0.4, 0.5) is 5.69 Å². The number of benzene rings is 1. The summed E-state index contributed by atoms with van der Waals surface area (Å²) in [5.41, 5.74) is 9.63. The van der Waals surface area contributed by atoms with Gasteiger partial charge >= 0.3 is 0 Å². The van der Waals surface area contributed by atoms with Crippen LogP contribution in [0, 0.1) is 5.41 Å². The molecule has 0 heterocycles. The minimum absolute atomic E-state index is 0.135. The van der Waals surface area contributed by atoms with E-state index >= 15 is 0 Å². The summed E-state index contributed by atoms with van der Waals surface area (Å²) < 4.78 is 0. The van der Waals surface area contributed by atoms with E-state index in [9.17, 15) is 5.11 Å². The van der Waals surface area contributed by atoms with Crippen molar-refractivity contribution >= 4 is 5.69 Å². The van der Waals surface area contributed by atoms with Crippen LogP contribution in [-0.4, -0.2) is 18.3 Å². The largest absolute Gasteiger partial charge is 0.399 e. The zero-order valence-electron chi connectivity index (χ0n) is 11.5. The zero-order chi connectivity index (χ0) is 13.3. The fourth-order valence-corrected chi connectivity index (χ4v) is 3.70. The Morgan fingerprint density at radius 2 is 2.11 bits per heavy atom. The number of hydrogen-bond donors (Lipinski definition) is 3. The Hall–Kier alpha value is -1.06. The Labute approximate surface area is 115 Å². The maximum absolute atomic E-state index is 9.67. The lowest BCUT2D eigenvalue weighted by atomic mass is 9.87. The molecule has 2 aliphatic carbocycles. The lowest BCUT2D eigenvalue weighted by Gasteiger charge is -2.29.